The standard InChI is InChI=1S/C23H46O2/c1-5-7-12-16-24-19-23(21(3)4,20-25-17-13-8-6-2)18-22-14-10-9-11-15-22/h21-22H,5-20H2,1-4H3. The Morgan fingerprint density at radius 1 is 0.800 bits per heavy atom. The molecule has 0 atom stereocenters. The first kappa shape index (κ1) is 23.0. The fraction of sp³-hybridized carbons (Fsp3) is 1.00. The van der Waals surface area contributed by atoms with Crippen molar-refractivity contribution in [3.63, 3.8) is 0 Å². The summed E-state index contributed by atoms with van der Waals surface area (Å²) in [5, 5.41) is 0. The van der Waals surface area contributed by atoms with E-state index in [4.69, 9.17) is 9.47 Å². The quantitative estimate of drug-likeness (QED) is 0.294. The first-order valence-electron chi connectivity index (χ1n) is 11.3. The molecular formula is C23H46O2. The third-order valence-corrected chi connectivity index (χ3v) is 6.21. The highest BCUT2D eigenvalue weighted by Gasteiger charge is 2.37. The first-order chi connectivity index (χ1) is 12.1. The zero-order valence-corrected chi connectivity index (χ0v) is 17.8. The second-order valence-corrected chi connectivity index (χ2v) is 8.74. The van der Waals surface area contributed by atoms with Gasteiger partial charge in [-0.1, -0.05) is 85.5 Å². The molecule has 0 aromatic carbocycles. The van der Waals surface area contributed by atoms with Crippen molar-refractivity contribution in [2.24, 2.45) is 17.3 Å². The number of ether oxygens (including phenoxy) is 2. The Hall–Kier alpha value is -0.0800. The van der Waals surface area contributed by atoms with Gasteiger partial charge in [-0.2, -0.15) is 0 Å². The van der Waals surface area contributed by atoms with Crippen LogP contribution in [0.3, 0.4) is 0 Å². The maximum atomic E-state index is 6.20. The number of unbranched alkanes of at least 4 members (excludes halogenated alkanes) is 4. The van der Waals surface area contributed by atoms with Gasteiger partial charge in [0.05, 0.1) is 13.2 Å². The SMILES string of the molecule is CCCCCOCC(COCCCCC)(CC1CCCCC1)C(C)C. The van der Waals surface area contributed by atoms with Gasteiger partial charge < -0.3 is 9.47 Å². The molecule has 0 aliphatic heterocycles. The molecule has 2 nitrogen and oxygen atoms in total. The van der Waals surface area contributed by atoms with Crippen LogP contribution in [0.25, 0.3) is 0 Å². The molecule has 0 aromatic rings. The van der Waals surface area contributed by atoms with Crippen LogP contribution in [-0.2, 0) is 9.47 Å². The Morgan fingerprint density at radius 3 is 1.76 bits per heavy atom. The molecule has 0 radical (unpaired) electrons. The van der Waals surface area contributed by atoms with E-state index in [-0.39, 0.29) is 5.41 Å². The number of rotatable bonds is 15. The van der Waals surface area contributed by atoms with E-state index in [1.54, 1.807) is 0 Å². The van der Waals surface area contributed by atoms with Crippen LogP contribution in [0.15, 0.2) is 0 Å². The van der Waals surface area contributed by atoms with Crippen molar-refractivity contribution in [3.05, 3.63) is 0 Å². The minimum Gasteiger partial charge on any atom is -0.381 e. The molecule has 0 heterocycles. The molecule has 2 heteroatoms. The van der Waals surface area contributed by atoms with Gasteiger partial charge in [0.2, 0.25) is 0 Å². The van der Waals surface area contributed by atoms with Crippen molar-refractivity contribution < 1.29 is 9.47 Å². The minimum absolute atomic E-state index is 0.209. The van der Waals surface area contributed by atoms with E-state index < -0.39 is 0 Å². The maximum absolute atomic E-state index is 6.20. The molecule has 150 valence electrons. The third kappa shape index (κ3) is 9.43. The summed E-state index contributed by atoms with van der Waals surface area (Å²) in [6.45, 7) is 12.9. The van der Waals surface area contributed by atoms with Crippen LogP contribution >= 0.6 is 0 Å². The van der Waals surface area contributed by atoms with Crippen molar-refractivity contribution in [2.45, 2.75) is 105 Å². The average Bonchev–Trinajstić information content (AvgIpc) is 2.61. The van der Waals surface area contributed by atoms with E-state index >= 15 is 0 Å². The maximum Gasteiger partial charge on any atom is 0.0547 e. The van der Waals surface area contributed by atoms with Gasteiger partial charge in [-0.15, -0.1) is 0 Å². The summed E-state index contributed by atoms with van der Waals surface area (Å²) in [4.78, 5) is 0. The molecule has 1 saturated carbocycles. The summed E-state index contributed by atoms with van der Waals surface area (Å²) < 4.78 is 12.4. The molecule has 0 amide bonds. The zero-order valence-electron chi connectivity index (χ0n) is 17.8. The predicted molar refractivity (Wildman–Crippen MR) is 109 cm³/mol. The van der Waals surface area contributed by atoms with Crippen molar-refractivity contribution >= 4 is 0 Å². The van der Waals surface area contributed by atoms with Gasteiger partial charge in [-0.3, -0.25) is 0 Å². The lowest BCUT2D eigenvalue weighted by atomic mass is 9.69. The molecule has 25 heavy (non-hydrogen) atoms. The topological polar surface area (TPSA) is 18.5 Å². The van der Waals surface area contributed by atoms with Gasteiger partial charge in [-0.05, 0) is 31.1 Å². The summed E-state index contributed by atoms with van der Waals surface area (Å²) in [6, 6.07) is 0. The molecule has 0 saturated heterocycles. The minimum atomic E-state index is 0.209. The molecule has 1 aliphatic rings. The van der Waals surface area contributed by atoms with E-state index in [1.807, 2.05) is 0 Å². The summed E-state index contributed by atoms with van der Waals surface area (Å²) in [7, 11) is 0. The lowest BCUT2D eigenvalue weighted by molar-refractivity contribution is -0.0646. The van der Waals surface area contributed by atoms with Crippen molar-refractivity contribution in [2.75, 3.05) is 26.4 Å². The molecule has 0 bridgehead atoms. The molecule has 0 spiro atoms. The first-order valence-corrected chi connectivity index (χ1v) is 11.3. The summed E-state index contributed by atoms with van der Waals surface area (Å²) in [5.41, 5.74) is 0.209. The summed E-state index contributed by atoms with van der Waals surface area (Å²) >= 11 is 0. The van der Waals surface area contributed by atoms with Crippen LogP contribution in [0.4, 0.5) is 0 Å². The smallest absolute Gasteiger partial charge is 0.0547 e. The Kier molecular flexibility index (Phi) is 12.9. The highest BCUT2D eigenvalue weighted by molar-refractivity contribution is 4.86. The van der Waals surface area contributed by atoms with E-state index in [9.17, 15) is 0 Å². The lowest BCUT2D eigenvalue weighted by Crippen LogP contribution is -2.40. The van der Waals surface area contributed by atoms with Crippen molar-refractivity contribution in [1.82, 2.24) is 0 Å². The molecule has 1 fully saturated rings. The van der Waals surface area contributed by atoms with Gasteiger partial charge in [0.25, 0.3) is 0 Å². The number of hydrogen-bond donors (Lipinski definition) is 0. The van der Waals surface area contributed by atoms with Gasteiger partial charge in [-0.25, -0.2) is 0 Å². The van der Waals surface area contributed by atoms with Crippen molar-refractivity contribution in [1.29, 1.82) is 0 Å². The molecular weight excluding hydrogens is 308 g/mol. The van der Waals surface area contributed by atoms with Crippen LogP contribution in [0.2, 0.25) is 0 Å². The molecule has 1 rings (SSSR count). The Morgan fingerprint density at radius 2 is 1.32 bits per heavy atom. The Balaban J connectivity index is 2.58. The molecule has 0 N–H and O–H groups in total. The molecule has 1 aliphatic carbocycles. The van der Waals surface area contributed by atoms with Gasteiger partial charge in [0, 0.05) is 18.6 Å². The van der Waals surface area contributed by atoms with E-state index in [0.29, 0.717) is 5.92 Å². The highest BCUT2D eigenvalue weighted by Crippen LogP contribution is 2.40. The van der Waals surface area contributed by atoms with E-state index in [1.165, 1.54) is 77.0 Å². The Bertz CT molecular complexity index is 280. The van der Waals surface area contributed by atoms with Gasteiger partial charge in [0.15, 0.2) is 0 Å². The largest absolute Gasteiger partial charge is 0.381 e. The lowest BCUT2D eigenvalue weighted by Gasteiger charge is -2.41. The zero-order chi connectivity index (χ0) is 18.4. The fourth-order valence-corrected chi connectivity index (χ4v) is 4.15. The second-order valence-electron chi connectivity index (χ2n) is 8.74. The van der Waals surface area contributed by atoms with Gasteiger partial charge >= 0.3 is 0 Å². The number of hydrogen-bond acceptors (Lipinski definition) is 2. The van der Waals surface area contributed by atoms with Crippen LogP contribution in [0, 0.1) is 17.3 Å². The van der Waals surface area contributed by atoms with E-state index in [2.05, 4.69) is 27.7 Å². The molecule has 0 aromatic heterocycles. The monoisotopic (exact) mass is 354 g/mol. The average molecular weight is 355 g/mol. The highest BCUT2D eigenvalue weighted by atomic mass is 16.5. The van der Waals surface area contributed by atoms with Crippen LogP contribution in [0.5, 0.6) is 0 Å². The fourth-order valence-electron chi connectivity index (χ4n) is 4.15. The van der Waals surface area contributed by atoms with E-state index in [0.717, 1.165) is 32.3 Å². The van der Waals surface area contributed by atoms with Crippen LogP contribution < -0.4 is 0 Å². The van der Waals surface area contributed by atoms with Gasteiger partial charge in [0.1, 0.15) is 0 Å². The van der Waals surface area contributed by atoms with Crippen LogP contribution in [0.1, 0.15) is 105 Å². The third-order valence-electron chi connectivity index (χ3n) is 6.21. The second kappa shape index (κ2) is 14.0. The Labute approximate surface area is 158 Å². The molecule has 0 unspecified atom stereocenters. The predicted octanol–water partition coefficient (Wildman–Crippen LogP) is 7.01. The summed E-state index contributed by atoms with van der Waals surface area (Å²) in [5.74, 6) is 1.50. The van der Waals surface area contributed by atoms with Crippen LogP contribution in [-0.4, -0.2) is 26.4 Å². The van der Waals surface area contributed by atoms with Crippen molar-refractivity contribution in [3.8, 4) is 0 Å². The summed E-state index contributed by atoms with van der Waals surface area (Å²) in [6.07, 6.45) is 15.9. The normalized spacial score (nSPS) is 16.7.